The average molecular weight is 480 g/mol. The fourth-order valence-electron chi connectivity index (χ4n) is 5.07. The maximum Gasteiger partial charge on any atom is 0.329 e. The van der Waals surface area contributed by atoms with E-state index in [-0.39, 0.29) is 30.9 Å². The van der Waals surface area contributed by atoms with Gasteiger partial charge in [0.05, 0.1) is 30.2 Å². The van der Waals surface area contributed by atoms with Crippen LogP contribution < -0.4 is 20.0 Å². The van der Waals surface area contributed by atoms with Crippen LogP contribution in [0.25, 0.3) is 11.3 Å². The number of carbonyl (C=O) groups excluding carboxylic acids is 1. The topological polar surface area (TPSA) is 64.6 Å². The second-order valence-electron chi connectivity index (χ2n) is 9.17. The van der Waals surface area contributed by atoms with Crippen molar-refractivity contribution in [1.29, 1.82) is 0 Å². The molecule has 0 saturated carbocycles. The molecule has 2 bridgehead atoms. The summed E-state index contributed by atoms with van der Waals surface area (Å²) in [6, 6.07) is 13.5. The number of urea groups is 1. The lowest BCUT2D eigenvalue weighted by Gasteiger charge is -2.35. The van der Waals surface area contributed by atoms with Crippen LogP contribution in [0.3, 0.4) is 0 Å². The Hall–Kier alpha value is -3.82. The Bertz CT molecular complexity index is 1280. The molecule has 35 heavy (non-hydrogen) atoms. The first-order chi connectivity index (χ1) is 16.9. The van der Waals surface area contributed by atoms with Crippen molar-refractivity contribution in [2.24, 2.45) is 0 Å². The molecule has 5 heterocycles. The van der Waals surface area contributed by atoms with E-state index in [2.05, 4.69) is 15.2 Å². The van der Waals surface area contributed by atoms with E-state index in [0.29, 0.717) is 24.6 Å². The largest absolute Gasteiger partial charge is 0.366 e. The smallest absolute Gasteiger partial charge is 0.329 e. The van der Waals surface area contributed by atoms with E-state index in [1.165, 1.54) is 12.1 Å². The molecular formula is C25H23F3N6O. The van der Waals surface area contributed by atoms with Crippen molar-refractivity contribution in [3.05, 3.63) is 60.5 Å². The summed E-state index contributed by atoms with van der Waals surface area (Å²) in [6.07, 6.45) is 1.70. The zero-order valence-corrected chi connectivity index (χ0v) is 18.8. The lowest BCUT2D eigenvalue weighted by Crippen LogP contribution is -2.48. The Labute approximate surface area is 200 Å². The van der Waals surface area contributed by atoms with E-state index in [0.717, 1.165) is 36.1 Å². The number of hydrogen-bond acceptors (Lipinski definition) is 5. The van der Waals surface area contributed by atoms with Crippen LogP contribution in [0.5, 0.6) is 0 Å². The first-order valence-electron chi connectivity index (χ1n) is 11.6. The quantitative estimate of drug-likeness (QED) is 0.586. The molecule has 1 N–H and O–H groups in total. The summed E-state index contributed by atoms with van der Waals surface area (Å²) >= 11 is 0. The fourth-order valence-corrected chi connectivity index (χ4v) is 5.07. The van der Waals surface area contributed by atoms with Gasteiger partial charge in [-0.15, -0.1) is 0 Å². The van der Waals surface area contributed by atoms with Crippen molar-refractivity contribution in [3.8, 4) is 11.3 Å². The summed E-state index contributed by atoms with van der Waals surface area (Å²) in [7, 11) is 0. The van der Waals surface area contributed by atoms with Crippen LogP contribution >= 0.6 is 0 Å². The Balaban J connectivity index is 1.33. The number of nitrogens with zero attached hydrogens (tertiary/aromatic N) is 5. The van der Waals surface area contributed by atoms with Crippen LogP contribution in [0, 0.1) is 5.82 Å². The van der Waals surface area contributed by atoms with Crippen molar-refractivity contribution in [3.63, 3.8) is 0 Å². The van der Waals surface area contributed by atoms with E-state index in [9.17, 15) is 18.0 Å². The summed E-state index contributed by atoms with van der Waals surface area (Å²) in [4.78, 5) is 27.6. The molecule has 3 aliphatic rings. The lowest BCUT2D eigenvalue weighted by atomic mass is 10.1. The molecule has 0 radical (unpaired) electrons. The Morgan fingerprint density at radius 3 is 2.74 bits per heavy atom. The molecule has 3 aliphatic heterocycles. The van der Waals surface area contributed by atoms with Crippen LogP contribution in [-0.4, -0.2) is 54.1 Å². The van der Waals surface area contributed by atoms with Crippen molar-refractivity contribution >= 4 is 29.0 Å². The molecule has 0 aliphatic carbocycles. The van der Waals surface area contributed by atoms with Gasteiger partial charge in [0.1, 0.15) is 11.6 Å². The third kappa shape index (κ3) is 4.02. The van der Waals surface area contributed by atoms with E-state index in [1.54, 1.807) is 9.80 Å². The predicted molar refractivity (Wildman–Crippen MR) is 128 cm³/mol. The van der Waals surface area contributed by atoms with Crippen LogP contribution in [0.4, 0.5) is 41.0 Å². The molecule has 2 aromatic heterocycles. The Kier molecular flexibility index (Phi) is 5.05. The minimum Gasteiger partial charge on any atom is -0.366 e. The second kappa shape index (κ2) is 8.14. The summed E-state index contributed by atoms with van der Waals surface area (Å²) in [6.45, 7) is 1.53. The van der Waals surface area contributed by atoms with E-state index in [1.807, 2.05) is 36.4 Å². The SMILES string of the molecule is O=C(Nc1ccc(F)cn1)N1c2nc(-c3cccc(N4CCC(F)(F)C4)c3)ccc2N2CC[C@H]1C2. The van der Waals surface area contributed by atoms with E-state index >= 15 is 0 Å². The maximum absolute atomic E-state index is 13.7. The first-order valence-corrected chi connectivity index (χ1v) is 11.6. The number of alkyl halides is 2. The van der Waals surface area contributed by atoms with Gasteiger partial charge < -0.3 is 9.80 Å². The summed E-state index contributed by atoms with van der Waals surface area (Å²) in [5.41, 5.74) is 3.02. The van der Waals surface area contributed by atoms with Crippen molar-refractivity contribution in [2.75, 3.05) is 46.2 Å². The maximum atomic E-state index is 13.7. The zero-order valence-electron chi connectivity index (χ0n) is 18.8. The van der Waals surface area contributed by atoms with Gasteiger partial charge in [-0.25, -0.2) is 27.9 Å². The number of carbonyl (C=O) groups is 1. The van der Waals surface area contributed by atoms with Gasteiger partial charge in [0.15, 0.2) is 5.82 Å². The first kappa shape index (κ1) is 21.7. The minimum absolute atomic E-state index is 0.0520. The molecule has 1 aromatic carbocycles. The number of rotatable bonds is 3. The van der Waals surface area contributed by atoms with Gasteiger partial charge in [-0.05, 0) is 42.8 Å². The van der Waals surface area contributed by atoms with Gasteiger partial charge in [0.25, 0.3) is 5.92 Å². The lowest BCUT2D eigenvalue weighted by molar-refractivity contribution is 0.0257. The number of amides is 2. The Morgan fingerprint density at radius 2 is 1.97 bits per heavy atom. The number of hydrogen-bond donors (Lipinski definition) is 1. The molecule has 2 amide bonds. The highest BCUT2D eigenvalue weighted by Gasteiger charge is 2.41. The standard InChI is InChI=1S/C25H23F3N6O/c26-17-4-7-22(29-13-17)31-24(35)34-19-8-10-32(14-19)21-6-5-20(30-23(21)34)16-2-1-3-18(12-16)33-11-9-25(27,28)15-33/h1-7,12-13,19H,8-11,14-15H2,(H,29,31,35)/t19-/m0/s1. The molecule has 0 spiro atoms. The molecule has 7 nitrogen and oxygen atoms in total. The van der Waals surface area contributed by atoms with Gasteiger partial charge in [-0.1, -0.05) is 12.1 Å². The number of anilines is 4. The highest BCUT2D eigenvalue weighted by molar-refractivity contribution is 6.04. The highest BCUT2D eigenvalue weighted by atomic mass is 19.3. The Morgan fingerprint density at radius 1 is 1.09 bits per heavy atom. The van der Waals surface area contributed by atoms with Crippen molar-refractivity contribution in [1.82, 2.24) is 9.97 Å². The zero-order chi connectivity index (χ0) is 24.2. The van der Waals surface area contributed by atoms with Gasteiger partial charge >= 0.3 is 6.03 Å². The van der Waals surface area contributed by atoms with Gasteiger partial charge in [-0.2, -0.15) is 0 Å². The number of benzene rings is 1. The number of fused-ring (bicyclic) bond motifs is 4. The van der Waals surface area contributed by atoms with Gasteiger partial charge in [0.2, 0.25) is 0 Å². The van der Waals surface area contributed by atoms with Crippen LogP contribution in [-0.2, 0) is 0 Å². The molecular weight excluding hydrogens is 457 g/mol. The molecule has 0 unspecified atom stereocenters. The number of halogens is 3. The normalized spacial score (nSPS) is 20.2. The summed E-state index contributed by atoms with van der Waals surface area (Å²) < 4.78 is 40.7. The number of aromatic nitrogens is 2. The van der Waals surface area contributed by atoms with Crippen molar-refractivity contribution < 1.29 is 18.0 Å². The van der Waals surface area contributed by atoms with Gasteiger partial charge in [-0.3, -0.25) is 10.2 Å². The molecule has 10 heteroatoms. The predicted octanol–water partition coefficient (Wildman–Crippen LogP) is 4.76. The number of pyridine rings is 2. The molecule has 2 saturated heterocycles. The molecule has 1 atom stereocenters. The highest BCUT2D eigenvalue weighted by Crippen LogP contribution is 2.41. The number of nitrogens with one attached hydrogen (secondary N) is 1. The molecule has 3 aromatic rings. The monoisotopic (exact) mass is 480 g/mol. The van der Waals surface area contributed by atoms with E-state index < -0.39 is 11.7 Å². The summed E-state index contributed by atoms with van der Waals surface area (Å²) in [5, 5.41) is 2.75. The minimum atomic E-state index is -2.68. The third-order valence-corrected chi connectivity index (χ3v) is 6.81. The van der Waals surface area contributed by atoms with E-state index in [4.69, 9.17) is 4.98 Å². The third-order valence-electron chi connectivity index (χ3n) is 6.81. The average Bonchev–Trinajstić information content (AvgIpc) is 3.44. The molecule has 180 valence electrons. The van der Waals surface area contributed by atoms with Crippen molar-refractivity contribution in [2.45, 2.75) is 24.8 Å². The van der Waals surface area contributed by atoms with Crippen LogP contribution in [0.1, 0.15) is 12.8 Å². The van der Waals surface area contributed by atoms with Crippen LogP contribution in [0.15, 0.2) is 54.7 Å². The molecule has 2 fully saturated rings. The van der Waals surface area contributed by atoms with Crippen LogP contribution in [0.2, 0.25) is 0 Å². The summed E-state index contributed by atoms with van der Waals surface area (Å²) in [5.74, 6) is -2.37. The fraction of sp³-hybridized carbons (Fsp3) is 0.320. The van der Waals surface area contributed by atoms with Gasteiger partial charge in [0, 0.05) is 37.3 Å². The second-order valence-corrected chi connectivity index (χ2v) is 9.17. The molecule has 6 rings (SSSR count).